The Kier molecular flexibility index (Phi) is 2.07. The zero-order valence-corrected chi connectivity index (χ0v) is 9.05. The van der Waals surface area contributed by atoms with Crippen molar-refractivity contribution in [1.29, 1.82) is 0 Å². The molecule has 1 saturated carbocycles. The lowest BCUT2D eigenvalue weighted by Crippen LogP contribution is -2.11. The molecule has 0 unspecified atom stereocenters. The van der Waals surface area contributed by atoms with E-state index in [4.69, 9.17) is 9.52 Å². The summed E-state index contributed by atoms with van der Waals surface area (Å²) in [5.74, 6) is -1.25. The number of aliphatic carboxylic acids is 1. The summed E-state index contributed by atoms with van der Waals surface area (Å²) in [7, 11) is 0. The number of oxazole rings is 1. The number of carboxylic acid groups (broad SMARTS) is 1. The van der Waals surface area contributed by atoms with Crippen molar-refractivity contribution in [2.75, 3.05) is 0 Å². The number of aromatic nitrogens is 1. The third kappa shape index (κ3) is 1.73. The minimum Gasteiger partial charge on any atom is -0.481 e. The summed E-state index contributed by atoms with van der Waals surface area (Å²) in [6.07, 6.45) is 1.95. The smallest absolute Gasteiger partial charge is 0.420 e. The van der Waals surface area contributed by atoms with Gasteiger partial charge in [-0.15, -0.1) is 0 Å². The van der Waals surface area contributed by atoms with Crippen LogP contribution in [0.5, 0.6) is 0 Å². The van der Waals surface area contributed by atoms with Gasteiger partial charge in [-0.1, -0.05) is 6.07 Å². The first-order valence-electron chi connectivity index (χ1n) is 5.51. The first kappa shape index (κ1) is 10.1. The van der Waals surface area contributed by atoms with Gasteiger partial charge in [-0.05, 0) is 30.5 Å². The van der Waals surface area contributed by atoms with Crippen LogP contribution in [0.4, 0.5) is 0 Å². The predicted molar refractivity (Wildman–Crippen MR) is 60.1 cm³/mol. The molecule has 1 aromatic heterocycles. The van der Waals surface area contributed by atoms with Crippen LogP contribution >= 0.6 is 0 Å². The molecular formula is C12H11NO4. The van der Waals surface area contributed by atoms with E-state index in [-0.39, 0.29) is 18.2 Å². The van der Waals surface area contributed by atoms with E-state index in [1.807, 2.05) is 0 Å². The van der Waals surface area contributed by atoms with E-state index in [2.05, 4.69) is 0 Å². The second-order valence-electron chi connectivity index (χ2n) is 4.34. The molecule has 0 atom stereocenters. The lowest BCUT2D eigenvalue weighted by Gasteiger charge is -1.99. The monoisotopic (exact) mass is 233 g/mol. The van der Waals surface area contributed by atoms with Crippen LogP contribution in [0.1, 0.15) is 24.4 Å². The van der Waals surface area contributed by atoms with Crippen molar-refractivity contribution in [3.05, 3.63) is 34.3 Å². The van der Waals surface area contributed by atoms with E-state index in [1.54, 1.807) is 22.8 Å². The third-order valence-corrected chi connectivity index (χ3v) is 2.95. The molecule has 17 heavy (non-hydrogen) atoms. The van der Waals surface area contributed by atoms with Gasteiger partial charge < -0.3 is 9.52 Å². The Balaban J connectivity index is 2.12. The summed E-state index contributed by atoms with van der Waals surface area (Å²) in [6, 6.07) is 5.37. The molecule has 0 radical (unpaired) electrons. The Bertz CT molecular complexity index is 648. The van der Waals surface area contributed by atoms with Crippen LogP contribution in [-0.4, -0.2) is 15.6 Å². The van der Waals surface area contributed by atoms with Gasteiger partial charge in [0.25, 0.3) is 0 Å². The normalized spacial score (nSPS) is 15.3. The topological polar surface area (TPSA) is 72.4 Å². The molecule has 0 amide bonds. The molecule has 0 spiro atoms. The zero-order valence-electron chi connectivity index (χ0n) is 9.05. The summed E-state index contributed by atoms with van der Waals surface area (Å²) in [4.78, 5) is 22.2. The average Bonchev–Trinajstić information content (AvgIpc) is 3.00. The van der Waals surface area contributed by atoms with Gasteiger partial charge in [-0.2, -0.15) is 0 Å². The molecular weight excluding hydrogens is 222 g/mol. The van der Waals surface area contributed by atoms with Crippen molar-refractivity contribution in [1.82, 2.24) is 4.57 Å². The number of hydrogen-bond acceptors (Lipinski definition) is 3. The first-order valence-corrected chi connectivity index (χ1v) is 5.51. The standard InChI is InChI=1S/C12H11NO4/c14-11(15)6-7-1-4-9-10(5-7)17-12(16)13(9)8-2-3-8/h1,4-5,8H,2-3,6H2,(H,14,15). The van der Waals surface area contributed by atoms with Gasteiger partial charge >= 0.3 is 11.7 Å². The van der Waals surface area contributed by atoms with Crippen molar-refractivity contribution in [2.45, 2.75) is 25.3 Å². The lowest BCUT2D eigenvalue weighted by molar-refractivity contribution is -0.136. The maximum absolute atomic E-state index is 11.6. The van der Waals surface area contributed by atoms with E-state index in [9.17, 15) is 9.59 Å². The van der Waals surface area contributed by atoms with Crippen LogP contribution in [0.25, 0.3) is 11.1 Å². The quantitative estimate of drug-likeness (QED) is 0.873. The number of carbonyl (C=O) groups is 1. The van der Waals surface area contributed by atoms with Crippen LogP contribution in [0.2, 0.25) is 0 Å². The molecule has 1 heterocycles. The fourth-order valence-electron chi connectivity index (χ4n) is 2.04. The van der Waals surface area contributed by atoms with Gasteiger partial charge in [-0.3, -0.25) is 9.36 Å². The number of carboxylic acids is 1. The molecule has 88 valence electrons. The highest BCUT2D eigenvalue weighted by Crippen LogP contribution is 2.36. The molecule has 0 aliphatic heterocycles. The highest BCUT2D eigenvalue weighted by atomic mass is 16.4. The van der Waals surface area contributed by atoms with Crippen LogP contribution in [0.15, 0.2) is 27.4 Å². The Morgan fingerprint density at radius 1 is 1.47 bits per heavy atom. The maximum Gasteiger partial charge on any atom is 0.420 e. The SMILES string of the molecule is O=C(O)Cc1ccc2c(c1)oc(=O)n2C1CC1. The van der Waals surface area contributed by atoms with Gasteiger partial charge in [-0.25, -0.2) is 4.79 Å². The Morgan fingerprint density at radius 3 is 2.88 bits per heavy atom. The molecule has 1 aromatic carbocycles. The third-order valence-electron chi connectivity index (χ3n) is 2.95. The second-order valence-corrected chi connectivity index (χ2v) is 4.34. The number of nitrogens with zero attached hydrogens (tertiary/aromatic N) is 1. The van der Waals surface area contributed by atoms with Crippen LogP contribution < -0.4 is 5.76 Å². The molecule has 0 bridgehead atoms. The average molecular weight is 233 g/mol. The molecule has 5 heteroatoms. The van der Waals surface area contributed by atoms with Gasteiger partial charge in [0.15, 0.2) is 5.58 Å². The number of rotatable bonds is 3. The van der Waals surface area contributed by atoms with Gasteiger partial charge in [0, 0.05) is 6.04 Å². The Hall–Kier alpha value is -2.04. The van der Waals surface area contributed by atoms with Crippen molar-refractivity contribution in [3.63, 3.8) is 0 Å². The molecule has 5 nitrogen and oxygen atoms in total. The highest BCUT2D eigenvalue weighted by Gasteiger charge is 2.28. The maximum atomic E-state index is 11.6. The number of hydrogen-bond donors (Lipinski definition) is 1. The van der Waals surface area contributed by atoms with Gasteiger partial charge in [0.1, 0.15) is 0 Å². The van der Waals surface area contributed by atoms with E-state index in [1.165, 1.54) is 0 Å². The summed E-state index contributed by atoms with van der Waals surface area (Å²) < 4.78 is 6.79. The molecule has 1 aliphatic carbocycles. The zero-order chi connectivity index (χ0) is 12.0. The minimum absolute atomic E-state index is 0.0613. The first-order chi connectivity index (χ1) is 8.15. The molecule has 1 fully saturated rings. The van der Waals surface area contributed by atoms with Gasteiger partial charge in [0.2, 0.25) is 0 Å². The highest BCUT2D eigenvalue weighted by molar-refractivity contribution is 5.77. The van der Waals surface area contributed by atoms with Crippen molar-refractivity contribution in [2.24, 2.45) is 0 Å². The Morgan fingerprint density at radius 2 is 2.24 bits per heavy atom. The lowest BCUT2D eigenvalue weighted by atomic mass is 10.1. The van der Waals surface area contributed by atoms with Crippen molar-refractivity contribution < 1.29 is 14.3 Å². The predicted octanol–water partition coefficient (Wildman–Crippen LogP) is 1.56. The van der Waals surface area contributed by atoms with Crippen LogP contribution in [0.3, 0.4) is 0 Å². The fraction of sp³-hybridized carbons (Fsp3) is 0.333. The van der Waals surface area contributed by atoms with Crippen LogP contribution in [-0.2, 0) is 11.2 Å². The molecule has 0 saturated heterocycles. The summed E-state index contributed by atoms with van der Waals surface area (Å²) in [5, 5.41) is 8.70. The number of fused-ring (bicyclic) bond motifs is 1. The number of benzene rings is 1. The van der Waals surface area contributed by atoms with Crippen molar-refractivity contribution in [3.8, 4) is 0 Å². The van der Waals surface area contributed by atoms with E-state index >= 15 is 0 Å². The van der Waals surface area contributed by atoms with E-state index in [0.717, 1.165) is 18.4 Å². The van der Waals surface area contributed by atoms with E-state index in [0.29, 0.717) is 11.1 Å². The largest absolute Gasteiger partial charge is 0.481 e. The van der Waals surface area contributed by atoms with E-state index < -0.39 is 5.97 Å². The molecule has 1 aliphatic rings. The fourth-order valence-corrected chi connectivity index (χ4v) is 2.04. The second kappa shape index (κ2) is 3.48. The summed E-state index contributed by atoms with van der Waals surface area (Å²) in [6.45, 7) is 0. The van der Waals surface area contributed by atoms with Crippen LogP contribution in [0, 0.1) is 0 Å². The summed E-state index contributed by atoms with van der Waals surface area (Å²) >= 11 is 0. The molecule has 1 N–H and O–H groups in total. The summed E-state index contributed by atoms with van der Waals surface area (Å²) in [5.41, 5.74) is 1.87. The molecule has 2 aromatic rings. The minimum atomic E-state index is -0.895. The Labute approximate surface area is 96.3 Å². The van der Waals surface area contributed by atoms with Crippen molar-refractivity contribution >= 4 is 17.1 Å². The van der Waals surface area contributed by atoms with Gasteiger partial charge in [0.05, 0.1) is 11.9 Å². The molecule has 3 rings (SSSR count).